The van der Waals surface area contributed by atoms with Gasteiger partial charge in [0.15, 0.2) is 0 Å². The first-order chi connectivity index (χ1) is 9.15. The molecular weight excluding hydrogens is 260 g/mol. The standard InChI is InChI=1S/C15H21ClN2O/c1-12(19)17-14-6-4-9-18(11-14)10-8-13-5-2-3-7-15(13)16/h2-3,5,7,14H,4,6,8-11H2,1H3,(H,17,19)/t14-/m1/s1. The number of nitrogens with zero attached hydrogens (tertiary/aromatic N) is 1. The minimum atomic E-state index is 0.0675. The number of likely N-dealkylation sites (tertiary alicyclic amines) is 1. The summed E-state index contributed by atoms with van der Waals surface area (Å²) in [5.74, 6) is 0.0675. The van der Waals surface area contributed by atoms with Gasteiger partial charge < -0.3 is 10.2 Å². The molecule has 0 bridgehead atoms. The highest BCUT2D eigenvalue weighted by atomic mass is 35.5. The molecule has 104 valence electrons. The summed E-state index contributed by atoms with van der Waals surface area (Å²) in [6.45, 7) is 4.65. The van der Waals surface area contributed by atoms with Crippen molar-refractivity contribution in [1.82, 2.24) is 10.2 Å². The molecule has 0 aromatic heterocycles. The number of hydrogen-bond donors (Lipinski definition) is 1. The van der Waals surface area contributed by atoms with Crippen LogP contribution in [0.5, 0.6) is 0 Å². The van der Waals surface area contributed by atoms with Gasteiger partial charge in [0.05, 0.1) is 0 Å². The van der Waals surface area contributed by atoms with Crippen LogP contribution in [0.25, 0.3) is 0 Å². The Kier molecular flexibility index (Phi) is 5.23. The third-order valence-electron chi connectivity index (χ3n) is 3.57. The van der Waals surface area contributed by atoms with Gasteiger partial charge in [-0.3, -0.25) is 4.79 Å². The molecule has 0 spiro atoms. The molecule has 1 fully saturated rings. The average Bonchev–Trinajstić information content (AvgIpc) is 2.37. The minimum absolute atomic E-state index is 0.0675. The van der Waals surface area contributed by atoms with E-state index in [0.29, 0.717) is 6.04 Å². The molecule has 19 heavy (non-hydrogen) atoms. The van der Waals surface area contributed by atoms with E-state index in [1.165, 1.54) is 5.56 Å². The van der Waals surface area contributed by atoms with Crippen LogP contribution in [-0.2, 0) is 11.2 Å². The summed E-state index contributed by atoms with van der Waals surface area (Å²) in [6, 6.07) is 8.31. The Morgan fingerprint density at radius 2 is 2.26 bits per heavy atom. The Hall–Kier alpha value is -1.06. The fourth-order valence-corrected chi connectivity index (χ4v) is 2.87. The van der Waals surface area contributed by atoms with Crippen molar-refractivity contribution in [1.29, 1.82) is 0 Å². The topological polar surface area (TPSA) is 32.3 Å². The molecule has 1 saturated heterocycles. The molecule has 3 nitrogen and oxygen atoms in total. The fraction of sp³-hybridized carbons (Fsp3) is 0.533. The van der Waals surface area contributed by atoms with Crippen LogP contribution < -0.4 is 5.32 Å². The summed E-state index contributed by atoms with van der Waals surface area (Å²) in [4.78, 5) is 13.5. The summed E-state index contributed by atoms with van der Waals surface area (Å²) in [5, 5.41) is 3.86. The van der Waals surface area contributed by atoms with Crippen LogP contribution in [0, 0.1) is 0 Å². The lowest BCUT2D eigenvalue weighted by molar-refractivity contribution is -0.120. The lowest BCUT2D eigenvalue weighted by atomic mass is 10.0. The highest BCUT2D eigenvalue weighted by molar-refractivity contribution is 6.31. The summed E-state index contributed by atoms with van der Waals surface area (Å²) in [7, 11) is 0. The van der Waals surface area contributed by atoms with Crippen molar-refractivity contribution >= 4 is 17.5 Å². The maximum atomic E-state index is 11.1. The highest BCUT2D eigenvalue weighted by Crippen LogP contribution is 2.17. The Bertz CT molecular complexity index is 436. The van der Waals surface area contributed by atoms with Crippen LogP contribution in [0.1, 0.15) is 25.3 Å². The lowest BCUT2D eigenvalue weighted by Crippen LogP contribution is -2.47. The molecule has 1 aromatic rings. The van der Waals surface area contributed by atoms with Gasteiger partial charge in [0.2, 0.25) is 5.91 Å². The van der Waals surface area contributed by atoms with Gasteiger partial charge >= 0.3 is 0 Å². The van der Waals surface area contributed by atoms with Crippen molar-refractivity contribution < 1.29 is 4.79 Å². The van der Waals surface area contributed by atoms with Crippen LogP contribution in [0.3, 0.4) is 0 Å². The number of halogens is 1. The number of hydrogen-bond acceptors (Lipinski definition) is 2. The Morgan fingerprint density at radius 3 is 3.00 bits per heavy atom. The fourth-order valence-electron chi connectivity index (χ4n) is 2.64. The number of benzene rings is 1. The zero-order valence-corrected chi connectivity index (χ0v) is 12.1. The van der Waals surface area contributed by atoms with Crippen LogP contribution in [0.4, 0.5) is 0 Å². The van der Waals surface area contributed by atoms with Gasteiger partial charge in [-0.1, -0.05) is 29.8 Å². The molecule has 0 aliphatic carbocycles. The third kappa shape index (κ3) is 4.51. The maximum absolute atomic E-state index is 11.1. The predicted octanol–water partition coefficient (Wildman–Crippen LogP) is 2.48. The van der Waals surface area contributed by atoms with Gasteiger partial charge in [0, 0.05) is 31.1 Å². The zero-order valence-electron chi connectivity index (χ0n) is 11.4. The Balaban J connectivity index is 1.82. The van der Waals surface area contributed by atoms with E-state index in [1.807, 2.05) is 18.2 Å². The molecule has 2 rings (SSSR count). The molecule has 1 amide bonds. The van der Waals surface area contributed by atoms with E-state index < -0.39 is 0 Å². The second-order valence-corrected chi connectivity index (χ2v) is 5.59. The van der Waals surface area contributed by atoms with Gasteiger partial charge in [0.1, 0.15) is 0 Å². The van der Waals surface area contributed by atoms with E-state index in [0.717, 1.165) is 43.9 Å². The molecule has 4 heteroatoms. The number of piperidine rings is 1. The quantitative estimate of drug-likeness (QED) is 0.919. The summed E-state index contributed by atoms with van der Waals surface area (Å²) in [6.07, 6.45) is 3.20. The number of rotatable bonds is 4. The van der Waals surface area contributed by atoms with Gasteiger partial charge in [0.25, 0.3) is 0 Å². The Labute approximate surface area is 119 Å². The van der Waals surface area contributed by atoms with Crippen LogP contribution >= 0.6 is 11.6 Å². The molecule has 0 saturated carbocycles. The normalized spacial score (nSPS) is 20.2. The van der Waals surface area contributed by atoms with E-state index in [4.69, 9.17) is 11.6 Å². The predicted molar refractivity (Wildman–Crippen MR) is 78.4 cm³/mol. The molecular formula is C15H21ClN2O. The summed E-state index contributed by atoms with van der Waals surface area (Å²) >= 11 is 6.16. The smallest absolute Gasteiger partial charge is 0.217 e. The SMILES string of the molecule is CC(=O)N[C@@H]1CCCN(CCc2ccccc2Cl)C1. The first kappa shape index (κ1) is 14.4. The number of nitrogens with one attached hydrogen (secondary N) is 1. The molecule has 0 unspecified atom stereocenters. The van der Waals surface area contributed by atoms with Crippen molar-refractivity contribution in [3.63, 3.8) is 0 Å². The second kappa shape index (κ2) is 6.92. The van der Waals surface area contributed by atoms with Gasteiger partial charge in [-0.05, 0) is 37.4 Å². The van der Waals surface area contributed by atoms with Crippen LogP contribution in [0.15, 0.2) is 24.3 Å². The van der Waals surface area contributed by atoms with Crippen molar-refractivity contribution in [2.75, 3.05) is 19.6 Å². The van der Waals surface area contributed by atoms with Crippen LogP contribution in [-0.4, -0.2) is 36.5 Å². The molecule has 1 aliphatic heterocycles. The molecule has 1 N–H and O–H groups in total. The van der Waals surface area contributed by atoms with Gasteiger partial charge in [-0.25, -0.2) is 0 Å². The maximum Gasteiger partial charge on any atom is 0.217 e. The van der Waals surface area contributed by atoms with Crippen molar-refractivity contribution in [3.05, 3.63) is 34.9 Å². The first-order valence-electron chi connectivity index (χ1n) is 6.88. The van der Waals surface area contributed by atoms with E-state index in [1.54, 1.807) is 6.92 Å². The van der Waals surface area contributed by atoms with Gasteiger partial charge in [-0.15, -0.1) is 0 Å². The molecule has 1 aliphatic rings. The van der Waals surface area contributed by atoms with Crippen molar-refractivity contribution in [2.45, 2.75) is 32.2 Å². The number of amides is 1. The molecule has 0 radical (unpaired) electrons. The zero-order chi connectivity index (χ0) is 13.7. The largest absolute Gasteiger partial charge is 0.352 e. The van der Waals surface area contributed by atoms with Crippen molar-refractivity contribution in [2.24, 2.45) is 0 Å². The van der Waals surface area contributed by atoms with E-state index in [9.17, 15) is 4.79 Å². The second-order valence-electron chi connectivity index (χ2n) is 5.18. The van der Waals surface area contributed by atoms with E-state index >= 15 is 0 Å². The average molecular weight is 281 g/mol. The summed E-state index contributed by atoms with van der Waals surface area (Å²) in [5.41, 5.74) is 1.20. The monoisotopic (exact) mass is 280 g/mol. The van der Waals surface area contributed by atoms with E-state index in [2.05, 4.69) is 16.3 Å². The third-order valence-corrected chi connectivity index (χ3v) is 3.94. The number of carbonyl (C=O) groups is 1. The minimum Gasteiger partial charge on any atom is -0.352 e. The van der Waals surface area contributed by atoms with Crippen LogP contribution in [0.2, 0.25) is 5.02 Å². The van der Waals surface area contributed by atoms with E-state index in [-0.39, 0.29) is 5.91 Å². The van der Waals surface area contributed by atoms with Crippen molar-refractivity contribution in [3.8, 4) is 0 Å². The molecule has 1 atom stereocenters. The molecule has 1 aromatic carbocycles. The first-order valence-corrected chi connectivity index (χ1v) is 7.26. The summed E-state index contributed by atoms with van der Waals surface area (Å²) < 4.78 is 0. The lowest BCUT2D eigenvalue weighted by Gasteiger charge is -2.33. The number of carbonyl (C=O) groups excluding carboxylic acids is 1. The van der Waals surface area contributed by atoms with Gasteiger partial charge in [-0.2, -0.15) is 0 Å². The highest BCUT2D eigenvalue weighted by Gasteiger charge is 2.20. The Morgan fingerprint density at radius 1 is 1.47 bits per heavy atom. The molecule has 1 heterocycles.